The molecule has 0 radical (unpaired) electrons. The molecule has 36 heavy (non-hydrogen) atoms. The molecule has 1 saturated heterocycles. The number of thiazole rings is 1. The molecule has 0 spiro atoms. The molecule has 0 bridgehead atoms. The number of hydrogen-bond acceptors (Lipinski definition) is 5. The summed E-state index contributed by atoms with van der Waals surface area (Å²) in [5.74, 6) is 0.781. The van der Waals surface area contributed by atoms with Gasteiger partial charge in [0.25, 0.3) is 5.91 Å². The average molecular weight is 502 g/mol. The first-order chi connectivity index (χ1) is 17.6. The van der Waals surface area contributed by atoms with E-state index < -0.39 is 0 Å². The van der Waals surface area contributed by atoms with Crippen molar-refractivity contribution in [3.05, 3.63) is 82.9 Å². The maximum absolute atomic E-state index is 13.2. The molecule has 5 rings (SSSR count). The Morgan fingerprint density at radius 1 is 1.19 bits per heavy atom. The van der Waals surface area contributed by atoms with Crippen molar-refractivity contribution in [2.24, 2.45) is 0 Å². The molecule has 3 heterocycles. The van der Waals surface area contributed by atoms with Crippen LogP contribution in [0.1, 0.15) is 34.5 Å². The summed E-state index contributed by atoms with van der Waals surface area (Å²) >= 11 is 1.62. The van der Waals surface area contributed by atoms with Crippen molar-refractivity contribution in [2.45, 2.75) is 38.8 Å². The van der Waals surface area contributed by atoms with Gasteiger partial charge in [-0.25, -0.2) is 4.98 Å². The topological polar surface area (TPSA) is 65.4 Å². The minimum atomic E-state index is -0.0639. The standard InChI is InChI=1S/C29H31N3O3S/c1-20-25(28(33)30-18-24-9-6-16-35-24)17-27(26-19-36-29(31-26)22-7-4-3-5-8-22)32(20)15-14-21-10-12-23(34-2)13-11-21/h3-5,7-8,10-13,17,19,24H,6,9,14-16,18H2,1-2H3,(H,30,33). The Morgan fingerprint density at radius 2 is 2.00 bits per heavy atom. The van der Waals surface area contributed by atoms with Crippen LogP contribution in [0, 0.1) is 6.92 Å². The van der Waals surface area contributed by atoms with Crippen LogP contribution in [0.25, 0.3) is 22.0 Å². The fourth-order valence-corrected chi connectivity index (χ4v) is 5.44. The van der Waals surface area contributed by atoms with E-state index in [4.69, 9.17) is 14.5 Å². The SMILES string of the molecule is COc1ccc(CCn2c(-c3csc(-c4ccccc4)n3)cc(C(=O)NCC3CCCO3)c2C)cc1. The summed E-state index contributed by atoms with van der Waals surface area (Å²) in [6.07, 6.45) is 2.99. The van der Waals surface area contributed by atoms with E-state index in [2.05, 4.69) is 39.5 Å². The van der Waals surface area contributed by atoms with Gasteiger partial charge in [-0.1, -0.05) is 42.5 Å². The third-order valence-corrected chi connectivity index (χ3v) is 7.59. The van der Waals surface area contributed by atoms with Gasteiger partial charge in [-0.2, -0.15) is 0 Å². The molecule has 7 heteroatoms. The van der Waals surface area contributed by atoms with Gasteiger partial charge in [-0.15, -0.1) is 11.3 Å². The fraction of sp³-hybridized carbons (Fsp3) is 0.310. The number of hydrogen-bond donors (Lipinski definition) is 1. The van der Waals surface area contributed by atoms with E-state index >= 15 is 0 Å². The van der Waals surface area contributed by atoms with Crippen molar-refractivity contribution < 1.29 is 14.3 Å². The van der Waals surface area contributed by atoms with Crippen LogP contribution in [0.5, 0.6) is 5.75 Å². The van der Waals surface area contributed by atoms with Crippen molar-refractivity contribution in [1.29, 1.82) is 0 Å². The number of nitrogens with zero attached hydrogens (tertiary/aromatic N) is 2. The number of benzene rings is 2. The molecule has 1 N–H and O–H groups in total. The van der Waals surface area contributed by atoms with E-state index in [0.29, 0.717) is 12.1 Å². The zero-order valence-electron chi connectivity index (χ0n) is 20.7. The molecule has 1 unspecified atom stereocenters. The van der Waals surface area contributed by atoms with Crippen molar-refractivity contribution in [2.75, 3.05) is 20.3 Å². The molecule has 0 saturated carbocycles. The van der Waals surface area contributed by atoms with Gasteiger partial charge in [0.15, 0.2) is 0 Å². The highest BCUT2D eigenvalue weighted by molar-refractivity contribution is 7.13. The van der Waals surface area contributed by atoms with E-state index in [0.717, 1.165) is 65.8 Å². The summed E-state index contributed by atoms with van der Waals surface area (Å²) in [4.78, 5) is 18.1. The monoisotopic (exact) mass is 501 g/mol. The van der Waals surface area contributed by atoms with Gasteiger partial charge in [0.05, 0.1) is 30.2 Å². The molecule has 1 atom stereocenters. The van der Waals surface area contributed by atoms with E-state index in [1.807, 2.05) is 43.3 Å². The highest BCUT2D eigenvalue weighted by Crippen LogP contribution is 2.32. The van der Waals surface area contributed by atoms with Crippen LogP contribution in [0.2, 0.25) is 0 Å². The second kappa shape index (κ2) is 11.1. The molecular formula is C29H31N3O3S. The maximum Gasteiger partial charge on any atom is 0.253 e. The van der Waals surface area contributed by atoms with Gasteiger partial charge >= 0.3 is 0 Å². The van der Waals surface area contributed by atoms with Crippen LogP contribution in [-0.2, 0) is 17.7 Å². The number of carbonyl (C=O) groups excluding carboxylic acids is 1. The summed E-state index contributed by atoms with van der Waals surface area (Å²) in [5.41, 5.74) is 5.78. The largest absolute Gasteiger partial charge is 0.497 e. The Balaban J connectivity index is 1.43. The van der Waals surface area contributed by atoms with Gasteiger partial charge in [0, 0.05) is 36.3 Å². The molecule has 0 aliphatic carbocycles. The molecule has 1 amide bonds. The minimum Gasteiger partial charge on any atom is -0.497 e. The van der Waals surface area contributed by atoms with Gasteiger partial charge in [0.1, 0.15) is 10.8 Å². The number of methoxy groups -OCH3 is 1. The van der Waals surface area contributed by atoms with Crippen LogP contribution in [0.3, 0.4) is 0 Å². The van der Waals surface area contributed by atoms with Gasteiger partial charge in [-0.05, 0) is 49.9 Å². The van der Waals surface area contributed by atoms with Crippen LogP contribution in [-0.4, -0.2) is 41.8 Å². The molecular weight excluding hydrogens is 470 g/mol. The second-order valence-corrected chi connectivity index (χ2v) is 9.89. The second-order valence-electron chi connectivity index (χ2n) is 9.03. The molecule has 1 fully saturated rings. The lowest BCUT2D eigenvalue weighted by molar-refractivity contribution is 0.0857. The number of amides is 1. The van der Waals surface area contributed by atoms with Crippen LogP contribution < -0.4 is 10.1 Å². The summed E-state index contributed by atoms with van der Waals surface area (Å²) in [6, 6.07) is 20.3. The number of ether oxygens (including phenoxy) is 2. The first-order valence-corrected chi connectivity index (χ1v) is 13.2. The normalized spacial score (nSPS) is 15.2. The van der Waals surface area contributed by atoms with Gasteiger partial charge < -0.3 is 19.4 Å². The Kier molecular flexibility index (Phi) is 7.49. The van der Waals surface area contributed by atoms with Crippen molar-refractivity contribution in [3.63, 3.8) is 0 Å². The van der Waals surface area contributed by atoms with Crippen LogP contribution in [0.4, 0.5) is 0 Å². The fourth-order valence-electron chi connectivity index (χ4n) is 4.62. The van der Waals surface area contributed by atoms with E-state index in [1.165, 1.54) is 5.56 Å². The number of rotatable bonds is 9. The first kappa shape index (κ1) is 24.3. The highest BCUT2D eigenvalue weighted by Gasteiger charge is 2.22. The molecule has 2 aromatic heterocycles. The molecule has 6 nitrogen and oxygen atoms in total. The molecule has 4 aromatic rings. The van der Waals surface area contributed by atoms with E-state index in [9.17, 15) is 4.79 Å². The van der Waals surface area contributed by atoms with Gasteiger partial charge in [0.2, 0.25) is 0 Å². The number of carbonyl (C=O) groups is 1. The summed E-state index contributed by atoms with van der Waals surface area (Å²) in [6.45, 7) is 4.08. The predicted molar refractivity (Wildman–Crippen MR) is 144 cm³/mol. The molecule has 1 aliphatic heterocycles. The summed E-state index contributed by atoms with van der Waals surface area (Å²) in [5, 5.41) is 6.13. The zero-order valence-corrected chi connectivity index (χ0v) is 21.5. The third-order valence-electron chi connectivity index (χ3n) is 6.70. The van der Waals surface area contributed by atoms with Crippen molar-refractivity contribution >= 4 is 17.2 Å². The Morgan fingerprint density at radius 3 is 2.72 bits per heavy atom. The lowest BCUT2D eigenvalue weighted by atomic mass is 10.1. The van der Waals surface area contributed by atoms with Crippen LogP contribution in [0.15, 0.2) is 66.0 Å². The zero-order chi connectivity index (χ0) is 24.9. The predicted octanol–water partition coefficient (Wildman–Crippen LogP) is 5.75. The quantitative estimate of drug-likeness (QED) is 0.317. The third kappa shape index (κ3) is 5.37. The number of aromatic nitrogens is 2. The summed E-state index contributed by atoms with van der Waals surface area (Å²) in [7, 11) is 1.67. The molecule has 1 aliphatic rings. The Hall–Kier alpha value is -3.42. The average Bonchev–Trinajstić information content (AvgIpc) is 3.68. The maximum atomic E-state index is 13.2. The van der Waals surface area contributed by atoms with Crippen molar-refractivity contribution in [3.8, 4) is 27.7 Å². The lowest BCUT2D eigenvalue weighted by Gasteiger charge is -2.12. The molecule has 2 aromatic carbocycles. The Bertz CT molecular complexity index is 1310. The van der Waals surface area contributed by atoms with Crippen LogP contribution >= 0.6 is 11.3 Å². The van der Waals surface area contributed by atoms with Crippen molar-refractivity contribution in [1.82, 2.24) is 14.9 Å². The molecule has 186 valence electrons. The van der Waals surface area contributed by atoms with E-state index in [-0.39, 0.29) is 12.0 Å². The minimum absolute atomic E-state index is 0.0639. The number of aryl methyl sites for hydroxylation is 1. The lowest BCUT2D eigenvalue weighted by Crippen LogP contribution is -2.32. The first-order valence-electron chi connectivity index (χ1n) is 12.4. The van der Waals surface area contributed by atoms with E-state index in [1.54, 1.807) is 18.4 Å². The highest BCUT2D eigenvalue weighted by atomic mass is 32.1. The van der Waals surface area contributed by atoms with Gasteiger partial charge in [-0.3, -0.25) is 4.79 Å². The number of nitrogens with one attached hydrogen (secondary N) is 1. The smallest absolute Gasteiger partial charge is 0.253 e. The summed E-state index contributed by atoms with van der Waals surface area (Å²) < 4.78 is 13.2. The Labute approximate surface area is 215 Å².